The third-order valence-electron chi connectivity index (χ3n) is 2.30. The van der Waals surface area contributed by atoms with Gasteiger partial charge in [0, 0.05) is 12.3 Å². The van der Waals surface area contributed by atoms with Crippen molar-refractivity contribution in [1.29, 1.82) is 0 Å². The molecule has 0 aromatic heterocycles. The first-order valence-corrected chi connectivity index (χ1v) is 6.65. The molecule has 0 spiro atoms. The number of alkyl halides is 3. The van der Waals surface area contributed by atoms with E-state index in [4.69, 9.17) is 5.73 Å². The number of hydrogen-bond donors (Lipinski definition) is 2. The van der Waals surface area contributed by atoms with Crippen molar-refractivity contribution in [3.05, 3.63) is 35.9 Å². The maximum atomic E-state index is 11.9. The van der Waals surface area contributed by atoms with Crippen molar-refractivity contribution in [1.82, 2.24) is 5.32 Å². The molecule has 1 rings (SSSR count). The highest BCUT2D eigenvalue weighted by Gasteiger charge is 2.27. The maximum Gasteiger partial charge on any atom is 0.441 e. The minimum absolute atomic E-state index is 0.0501. The van der Waals surface area contributed by atoms with Gasteiger partial charge in [0.25, 0.3) is 0 Å². The fraction of sp³-hybridized carbons (Fsp3) is 0.417. The fourth-order valence-corrected chi connectivity index (χ4v) is 1.87. The minimum Gasteiger partial charge on any atom is -0.354 e. The van der Waals surface area contributed by atoms with Crippen molar-refractivity contribution in [3.8, 4) is 0 Å². The molecule has 19 heavy (non-hydrogen) atoms. The highest BCUT2D eigenvalue weighted by Crippen LogP contribution is 2.29. The van der Waals surface area contributed by atoms with Crippen molar-refractivity contribution >= 4 is 17.7 Å². The molecule has 0 aliphatic heterocycles. The topological polar surface area (TPSA) is 55.1 Å². The number of nitrogens with two attached hydrogens (primary N) is 1. The summed E-state index contributed by atoms with van der Waals surface area (Å²) in [5.74, 6) is -0.653. The van der Waals surface area contributed by atoms with Crippen molar-refractivity contribution < 1.29 is 18.0 Å². The molecule has 0 saturated carbocycles. The fourth-order valence-electron chi connectivity index (χ4n) is 1.43. The van der Waals surface area contributed by atoms with E-state index in [1.54, 1.807) is 0 Å². The molecule has 0 aliphatic carbocycles. The Hall–Kier alpha value is -1.21. The summed E-state index contributed by atoms with van der Waals surface area (Å²) < 4.78 is 35.6. The molecule has 0 bridgehead atoms. The number of rotatable bonds is 6. The van der Waals surface area contributed by atoms with Crippen molar-refractivity contribution in [2.75, 3.05) is 12.3 Å². The van der Waals surface area contributed by atoms with Gasteiger partial charge in [-0.1, -0.05) is 30.3 Å². The minimum atomic E-state index is -4.27. The predicted molar refractivity (Wildman–Crippen MR) is 69.6 cm³/mol. The molecule has 106 valence electrons. The van der Waals surface area contributed by atoms with E-state index in [0.717, 1.165) is 5.56 Å². The molecule has 1 atom stereocenters. The van der Waals surface area contributed by atoms with Crippen molar-refractivity contribution in [3.63, 3.8) is 0 Å². The molecule has 0 aliphatic rings. The van der Waals surface area contributed by atoms with Gasteiger partial charge in [-0.25, -0.2) is 0 Å². The summed E-state index contributed by atoms with van der Waals surface area (Å²) >= 11 is -0.164. The van der Waals surface area contributed by atoms with Crippen LogP contribution in [0, 0.1) is 0 Å². The van der Waals surface area contributed by atoms with Crippen LogP contribution in [0.2, 0.25) is 0 Å². The van der Waals surface area contributed by atoms with Gasteiger partial charge >= 0.3 is 5.51 Å². The number of carbonyl (C=O) groups excluding carboxylic acids is 1. The first-order valence-electron chi connectivity index (χ1n) is 5.66. The van der Waals surface area contributed by atoms with E-state index in [0.29, 0.717) is 6.42 Å². The highest BCUT2D eigenvalue weighted by atomic mass is 32.2. The van der Waals surface area contributed by atoms with E-state index in [2.05, 4.69) is 5.32 Å². The van der Waals surface area contributed by atoms with E-state index in [1.807, 2.05) is 30.3 Å². The Labute approximate surface area is 113 Å². The predicted octanol–water partition coefficient (Wildman–Crippen LogP) is 1.93. The second-order valence-corrected chi connectivity index (χ2v) is 5.04. The number of halogens is 3. The van der Waals surface area contributed by atoms with Crippen LogP contribution in [0.4, 0.5) is 13.2 Å². The normalized spacial score (nSPS) is 13.1. The largest absolute Gasteiger partial charge is 0.441 e. The molecule has 0 saturated heterocycles. The molecule has 1 aromatic rings. The number of hydrogen-bond acceptors (Lipinski definition) is 3. The lowest BCUT2D eigenvalue weighted by atomic mass is 10.1. The summed E-state index contributed by atoms with van der Waals surface area (Å²) in [6, 6.07) is 8.45. The molecular weight excluding hydrogens is 277 g/mol. The standard InChI is InChI=1S/C12H15F3N2OS/c13-12(14,15)19-7-6-17-11(18)10(16)8-9-4-2-1-3-5-9/h1-5,10H,6-8,16H2,(H,17,18). The molecule has 3 N–H and O–H groups in total. The zero-order valence-corrected chi connectivity index (χ0v) is 10.9. The van der Waals surface area contributed by atoms with Crippen LogP contribution in [-0.4, -0.2) is 29.8 Å². The maximum absolute atomic E-state index is 11.9. The lowest BCUT2D eigenvalue weighted by Crippen LogP contribution is -2.42. The Balaban J connectivity index is 2.26. The lowest BCUT2D eigenvalue weighted by molar-refractivity contribution is -0.122. The van der Waals surface area contributed by atoms with Crippen LogP contribution in [0.5, 0.6) is 0 Å². The summed E-state index contributed by atoms with van der Waals surface area (Å²) in [5, 5.41) is 2.39. The average molecular weight is 292 g/mol. The van der Waals surface area contributed by atoms with Gasteiger partial charge in [0.15, 0.2) is 0 Å². The molecule has 0 fully saturated rings. The van der Waals surface area contributed by atoms with E-state index in [9.17, 15) is 18.0 Å². The Morgan fingerprint density at radius 2 is 1.95 bits per heavy atom. The van der Waals surface area contributed by atoms with Gasteiger partial charge in [-0.15, -0.1) is 0 Å². The molecular formula is C12H15F3N2OS. The molecule has 0 radical (unpaired) electrons. The molecule has 3 nitrogen and oxygen atoms in total. The Kier molecular flexibility index (Phi) is 6.17. The summed E-state index contributed by atoms with van der Waals surface area (Å²) in [5.41, 5.74) is 2.32. The van der Waals surface area contributed by atoms with E-state index < -0.39 is 17.5 Å². The summed E-state index contributed by atoms with van der Waals surface area (Å²) in [6.45, 7) is -0.0501. The van der Waals surface area contributed by atoms with Crippen LogP contribution < -0.4 is 11.1 Å². The van der Waals surface area contributed by atoms with Gasteiger partial charge in [-0.3, -0.25) is 4.79 Å². The van der Waals surface area contributed by atoms with Crippen molar-refractivity contribution in [2.45, 2.75) is 18.0 Å². The molecule has 7 heteroatoms. The van der Waals surface area contributed by atoms with E-state index in [-0.39, 0.29) is 24.1 Å². The second kappa shape index (κ2) is 7.40. The molecule has 1 amide bonds. The first-order chi connectivity index (χ1) is 8.88. The average Bonchev–Trinajstić information content (AvgIpc) is 2.34. The lowest BCUT2D eigenvalue weighted by Gasteiger charge is -2.12. The second-order valence-electron chi connectivity index (χ2n) is 3.88. The summed E-state index contributed by atoms with van der Waals surface area (Å²) in [7, 11) is 0. The smallest absolute Gasteiger partial charge is 0.354 e. The number of nitrogens with one attached hydrogen (secondary N) is 1. The van der Waals surface area contributed by atoms with Gasteiger partial charge in [-0.05, 0) is 23.7 Å². The molecule has 1 unspecified atom stereocenters. The summed E-state index contributed by atoms with van der Waals surface area (Å²) in [6.07, 6.45) is 0.360. The highest BCUT2D eigenvalue weighted by molar-refractivity contribution is 8.00. The number of carbonyl (C=O) groups is 1. The summed E-state index contributed by atoms with van der Waals surface area (Å²) in [4.78, 5) is 11.5. The van der Waals surface area contributed by atoms with E-state index in [1.165, 1.54) is 0 Å². The number of amides is 1. The van der Waals surface area contributed by atoms with Gasteiger partial charge in [0.1, 0.15) is 0 Å². The van der Waals surface area contributed by atoms with Gasteiger partial charge < -0.3 is 11.1 Å². The Morgan fingerprint density at radius 1 is 1.32 bits per heavy atom. The van der Waals surface area contributed by atoms with Crippen LogP contribution in [0.3, 0.4) is 0 Å². The number of benzene rings is 1. The third-order valence-corrected chi connectivity index (χ3v) is 3.04. The van der Waals surface area contributed by atoms with Gasteiger partial charge in [0.2, 0.25) is 5.91 Å². The zero-order valence-electron chi connectivity index (χ0n) is 10.1. The van der Waals surface area contributed by atoms with Crippen LogP contribution in [0.15, 0.2) is 30.3 Å². The quantitative estimate of drug-likeness (QED) is 0.788. The van der Waals surface area contributed by atoms with Crippen molar-refractivity contribution in [2.24, 2.45) is 5.73 Å². The van der Waals surface area contributed by atoms with Crippen LogP contribution >= 0.6 is 11.8 Å². The Morgan fingerprint density at radius 3 is 2.53 bits per heavy atom. The first kappa shape index (κ1) is 15.8. The SMILES string of the molecule is NC(Cc1ccccc1)C(=O)NCCSC(F)(F)F. The Bertz CT molecular complexity index is 398. The zero-order chi connectivity index (χ0) is 14.3. The monoisotopic (exact) mass is 292 g/mol. The van der Waals surface area contributed by atoms with Gasteiger partial charge in [-0.2, -0.15) is 13.2 Å². The van der Waals surface area contributed by atoms with Gasteiger partial charge in [0.05, 0.1) is 6.04 Å². The van der Waals surface area contributed by atoms with E-state index >= 15 is 0 Å². The van der Waals surface area contributed by atoms with Crippen LogP contribution in [-0.2, 0) is 11.2 Å². The third kappa shape index (κ3) is 7.07. The van der Waals surface area contributed by atoms with Crippen LogP contribution in [0.25, 0.3) is 0 Å². The molecule has 1 aromatic carbocycles. The van der Waals surface area contributed by atoms with Crippen LogP contribution in [0.1, 0.15) is 5.56 Å². The number of thioether (sulfide) groups is 1. The molecule has 0 heterocycles.